The molecule has 2 rings (SSSR count). The lowest BCUT2D eigenvalue weighted by molar-refractivity contribution is 0.178. The van der Waals surface area contributed by atoms with Gasteiger partial charge in [0, 0.05) is 25.2 Å². The van der Waals surface area contributed by atoms with Crippen molar-refractivity contribution in [1.82, 2.24) is 31.9 Å². The minimum Gasteiger partial charge on any atom is -0.335 e. The van der Waals surface area contributed by atoms with Gasteiger partial charge in [-0.15, -0.1) is 0 Å². The molecule has 2 amide bonds. The Morgan fingerprint density at radius 3 is 2.50 bits per heavy atom. The van der Waals surface area contributed by atoms with Crippen molar-refractivity contribution in [2.24, 2.45) is 11.8 Å². The third-order valence-corrected chi connectivity index (χ3v) is 5.38. The summed E-state index contributed by atoms with van der Waals surface area (Å²) in [5, 5.41) is 19.5. The van der Waals surface area contributed by atoms with Crippen LogP contribution in [0.4, 0.5) is 4.79 Å². The summed E-state index contributed by atoms with van der Waals surface area (Å²) in [5.41, 5.74) is 0. The normalized spacial score (nSPS) is 37.0. The highest BCUT2D eigenvalue weighted by Gasteiger charge is 2.28. The van der Waals surface area contributed by atoms with Crippen LogP contribution in [0.5, 0.6) is 0 Å². The molecule has 24 heavy (non-hydrogen) atoms. The van der Waals surface area contributed by atoms with Crippen LogP contribution in [-0.2, 0) is 0 Å². The van der Waals surface area contributed by atoms with Crippen LogP contribution in [0.25, 0.3) is 0 Å². The third-order valence-electron chi connectivity index (χ3n) is 5.38. The third kappa shape index (κ3) is 6.20. The van der Waals surface area contributed by atoms with Crippen LogP contribution in [0, 0.1) is 11.8 Å². The first-order valence-electron chi connectivity index (χ1n) is 9.45. The number of nitrogens with one attached hydrogen (secondary N) is 6. The molecule has 0 aromatic rings. The van der Waals surface area contributed by atoms with E-state index in [4.69, 9.17) is 0 Å². The maximum Gasteiger partial charge on any atom is 0.317 e. The van der Waals surface area contributed by atoms with Gasteiger partial charge in [0.15, 0.2) is 0 Å². The van der Waals surface area contributed by atoms with Crippen LogP contribution < -0.4 is 31.9 Å². The molecule has 140 valence electrons. The number of rotatable bonds is 6. The first-order valence-corrected chi connectivity index (χ1v) is 9.45. The van der Waals surface area contributed by atoms with Crippen LogP contribution in [-0.4, -0.2) is 50.7 Å². The molecule has 0 spiro atoms. The summed E-state index contributed by atoms with van der Waals surface area (Å²) in [4.78, 5) is 12.3. The van der Waals surface area contributed by atoms with Crippen LogP contribution in [0.3, 0.4) is 0 Å². The lowest BCUT2D eigenvalue weighted by Gasteiger charge is -2.37. The highest BCUT2D eigenvalue weighted by atomic mass is 16.2. The molecule has 7 heteroatoms. The molecule has 0 bridgehead atoms. The molecule has 6 unspecified atom stereocenters. The summed E-state index contributed by atoms with van der Waals surface area (Å²) in [6.45, 7) is 8.56. The Labute approximate surface area is 146 Å². The van der Waals surface area contributed by atoms with Gasteiger partial charge in [0.05, 0.1) is 6.17 Å². The summed E-state index contributed by atoms with van der Waals surface area (Å²) in [6, 6.07) is 0.552. The van der Waals surface area contributed by atoms with E-state index in [1.165, 1.54) is 6.42 Å². The van der Waals surface area contributed by atoms with E-state index >= 15 is 0 Å². The van der Waals surface area contributed by atoms with Gasteiger partial charge in [-0.2, -0.15) is 0 Å². The highest BCUT2D eigenvalue weighted by Crippen LogP contribution is 2.29. The highest BCUT2D eigenvalue weighted by molar-refractivity contribution is 5.74. The van der Waals surface area contributed by atoms with Gasteiger partial charge in [-0.25, -0.2) is 4.79 Å². The zero-order valence-electron chi connectivity index (χ0n) is 15.6. The van der Waals surface area contributed by atoms with Crippen molar-refractivity contribution in [3.63, 3.8) is 0 Å². The molecule has 6 atom stereocenters. The molecule has 2 fully saturated rings. The number of carbonyl (C=O) groups is 1. The van der Waals surface area contributed by atoms with Gasteiger partial charge in [-0.3, -0.25) is 10.6 Å². The first-order chi connectivity index (χ1) is 11.5. The second-order valence-electron chi connectivity index (χ2n) is 7.60. The molecule has 1 saturated carbocycles. The predicted molar refractivity (Wildman–Crippen MR) is 97.5 cm³/mol. The smallest absolute Gasteiger partial charge is 0.317 e. The zero-order chi connectivity index (χ0) is 17.5. The first kappa shape index (κ1) is 19.4. The molecular weight excluding hydrogens is 304 g/mol. The number of likely N-dealkylation sites (N-methyl/N-ethyl adjacent to an activating group) is 1. The van der Waals surface area contributed by atoms with E-state index in [2.05, 4.69) is 52.7 Å². The van der Waals surface area contributed by atoms with Crippen molar-refractivity contribution in [2.75, 3.05) is 20.1 Å². The fourth-order valence-electron chi connectivity index (χ4n) is 3.66. The Balaban J connectivity index is 1.73. The van der Waals surface area contributed by atoms with Crippen LogP contribution >= 0.6 is 0 Å². The van der Waals surface area contributed by atoms with Crippen molar-refractivity contribution in [3.05, 3.63) is 0 Å². The second-order valence-corrected chi connectivity index (χ2v) is 7.60. The molecule has 1 heterocycles. The van der Waals surface area contributed by atoms with Crippen molar-refractivity contribution in [1.29, 1.82) is 0 Å². The summed E-state index contributed by atoms with van der Waals surface area (Å²) >= 11 is 0. The summed E-state index contributed by atoms with van der Waals surface area (Å²) < 4.78 is 0. The summed E-state index contributed by atoms with van der Waals surface area (Å²) in [6.07, 6.45) is 4.33. The molecule has 7 nitrogen and oxygen atoms in total. The van der Waals surface area contributed by atoms with E-state index in [-0.39, 0.29) is 18.5 Å². The number of hydrogen-bond donors (Lipinski definition) is 6. The van der Waals surface area contributed by atoms with Gasteiger partial charge in [0.1, 0.15) is 6.29 Å². The molecule has 0 aromatic heterocycles. The van der Waals surface area contributed by atoms with Gasteiger partial charge in [0.25, 0.3) is 0 Å². The fraction of sp³-hybridized carbons (Fsp3) is 0.941. The fourth-order valence-corrected chi connectivity index (χ4v) is 3.66. The van der Waals surface area contributed by atoms with Crippen molar-refractivity contribution in [3.8, 4) is 0 Å². The Morgan fingerprint density at radius 2 is 1.79 bits per heavy atom. The van der Waals surface area contributed by atoms with Crippen LogP contribution in [0.15, 0.2) is 0 Å². The van der Waals surface area contributed by atoms with E-state index in [0.717, 1.165) is 38.3 Å². The molecule has 1 aliphatic carbocycles. The van der Waals surface area contributed by atoms with E-state index < -0.39 is 0 Å². The topological polar surface area (TPSA) is 89.2 Å². The Bertz CT molecular complexity index is 393. The van der Waals surface area contributed by atoms with Gasteiger partial charge in [-0.1, -0.05) is 13.8 Å². The van der Waals surface area contributed by atoms with Crippen LogP contribution in [0.2, 0.25) is 0 Å². The summed E-state index contributed by atoms with van der Waals surface area (Å²) in [5.74, 6) is 1.44. The van der Waals surface area contributed by atoms with E-state index in [1.54, 1.807) is 0 Å². The minimum atomic E-state index is -0.208. The Hall–Kier alpha value is -0.890. The van der Waals surface area contributed by atoms with Crippen molar-refractivity contribution >= 4 is 6.03 Å². The van der Waals surface area contributed by atoms with Crippen molar-refractivity contribution in [2.45, 2.75) is 71.0 Å². The van der Waals surface area contributed by atoms with Crippen LogP contribution in [0.1, 0.15) is 46.5 Å². The number of urea groups is 1. The van der Waals surface area contributed by atoms with Gasteiger partial charge < -0.3 is 21.3 Å². The molecule has 2 aliphatic rings. The maximum absolute atomic E-state index is 12.3. The van der Waals surface area contributed by atoms with E-state index in [1.807, 2.05) is 7.05 Å². The zero-order valence-corrected chi connectivity index (χ0v) is 15.6. The molecule has 6 N–H and O–H groups in total. The van der Waals surface area contributed by atoms with Gasteiger partial charge in [0.2, 0.25) is 0 Å². The average Bonchev–Trinajstić information content (AvgIpc) is 2.50. The summed E-state index contributed by atoms with van der Waals surface area (Å²) in [7, 11) is 1.95. The largest absolute Gasteiger partial charge is 0.335 e. The SMILES string of the molecule is CNCCNC1CC(C)NC(NC(=O)NC2CCC(C)C(C)C2)N1. The molecule has 1 aliphatic heterocycles. The molecular formula is C17H36N6O. The molecule has 0 aromatic carbocycles. The Morgan fingerprint density at radius 1 is 1.00 bits per heavy atom. The average molecular weight is 341 g/mol. The van der Waals surface area contributed by atoms with E-state index in [9.17, 15) is 4.79 Å². The lowest BCUT2D eigenvalue weighted by Crippen LogP contribution is -2.68. The quantitative estimate of drug-likeness (QED) is 0.397. The van der Waals surface area contributed by atoms with Gasteiger partial charge in [-0.05, 0) is 51.5 Å². The van der Waals surface area contributed by atoms with E-state index in [0.29, 0.717) is 18.0 Å². The lowest BCUT2D eigenvalue weighted by atomic mass is 9.79. The standard InChI is InChI=1S/C17H36N6O/c1-11-5-6-14(9-12(11)2)21-17(24)23-16-20-13(3)10-15(22-16)19-8-7-18-4/h11-16,18-20,22H,5-10H2,1-4H3,(H2,21,23,24). The Kier molecular flexibility index (Phi) is 7.74. The number of amides is 2. The maximum atomic E-state index is 12.3. The monoisotopic (exact) mass is 340 g/mol. The minimum absolute atomic E-state index is 0.0881. The molecule has 0 radical (unpaired) electrons. The number of hydrogen-bond acceptors (Lipinski definition) is 5. The van der Waals surface area contributed by atoms with Gasteiger partial charge >= 0.3 is 6.03 Å². The number of carbonyl (C=O) groups excluding carboxylic acids is 1. The van der Waals surface area contributed by atoms with Crippen molar-refractivity contribution < 1.29 is 4.79 Å². The predicted octanol–water partition coefficient (Wildman–Crippen LogP) is 0.500. The second kappa shape index (κ2) is 9.56. The molecule has 1 saturated heterocycles.